The van der Waals surface area contributed by atoms with Crippen LogP contribution in [0.3, 0.4) is 0 Å². The predicted octanol–water partition coefficient (Wildman–Crippen LogP) is 0.851. The van der Waals surface area contributed by atoms with Gasteiger partial charge in [-0.2, -0.15) is 0 Å². The van der Waals surface area contributed by atoms with E-state index in [-0.39, 0.29) is 5.91 Å². The molecular formula is C10H20N2O. The minimum Gasteiger partial charge on any atom is -0.337 e. The molecule has 2 unspecified atom stereocenters. The maximum atomic E-state index is 11.4. The molecular weight excluding hydrogens is 164 g/mol. The second-order valence-corrected chi connectivity index (χ2v) is 4.29. The Balaban J connectivity index is 2.66. The van der Waals surface area contributed by atoms with Gasteiger partial charge in [-0.15, -0.1) is 0 Å². The van der Waals surface area contributed by atoms with Crippen molar-refractivity contribution in [1.82, 2.24) is 10.2 Å². The number of hydrogen-bond donors (Lipinski definition) is 1. The number of nitrogens with one attached hydrogen (secondary N) is 1. The summed E-state index contributed by atoms with van der Waals surface area (Å²) in [5.41, 5.74) is 0. The lowest BCUT2D eigenvalue weighted by Gasteiger charge is -2.41. The Morgan fingerprint density at radius 3 is 2.62 bits per heavy atom. The quantitative estimate of drug-likeness (QED) is 0.655. The summed E-state index contributed by atoms with van der Waals surface area (Å²) in [5, 5.41) is 3.40. The fourth-order valence-electron chi connectivity index (χ4n) is 1.88. The average molecular weight is 184 g/mol. The van der Waals surface area contributed by atoms with Gasteiger partial charge in [0.1, 0.15) is 0 Å². The molecule has 0 aromatic carbocycles. The zero-order valence-corrected chi connectivity index (χ0v) is 9.00. The summed E-state index contributed by atoms with van der Waals surface area (Å²) in [6, 6.07) is 0.799. The second kappa shape index (κ2) is 4.09. The van der Waals surface area contributed by atoms with E-state index in [2.05, 4.69) is 26.1 Å². The molecule has 0 radical (unpaired) electrons. The molecule has 3 heteroatoms. The first kappa shape index (κ1) is 10.5. The predicted molar refractivity (Wildman–Crippen MR) is 53.5 cm³/mol. The summed E-state index contributed by atoms with van der Waals surface area (Å²) in [5.74, 6) is 0.732. The van der Waals surface area contributed by atoms with Gasteiger partial charge in [0.25, 0.3) is 0 Å². The molecule has 0 saturated carbocycles. The Hall–Kier alpha value is -0.570. The zero-order valence-electron chi connectivity index (χ0n) is 9.00. The molecule has 0 aromatic heterocycles. The highest BCUT2D eigenvalue weighted by atomic mass is 16.2. The Morgan fingerprint density at radius 2 is 2.15 bits per heavy atom. The number of nitrogens with zero attached hydrogens (tertiary/aromatic N) is 1. The van der Waals surface area contributed by atoms with Gasteiger partial charge < -0.3 is 10.2 Å². The van der Waals surface area contributed by atoms with Gasteiger partial charge in [-0.1, -0.05) is 13.8 Å². The molecule has 1 N–H and O–H groups in total. The first-order valence-electron chi connectivity index (χ1n) is 5.03. The van der Waals surface area contributed by atoms with Crippen molar-refractivity contribution in [2.45, 2.75) is 39.8 Å². The third kappa shape index (κ3) is 2.44. The van der Waals surface area contributed by atoms with Gasteiger partial charge >= 0.3 is 0 Å². The Morgan fingerprint density at radius 1 is 1.54 bits per heavy atom. The highest BCUT2D eigenvalue weighted by Gasteiger charge is 2.29. The van der Waals surface area contributed by atoms with Crippen LogP contribution < -0.4 is 5.32 Å². The molecule has 0 aromatic rings. The minimum atomic E-state index is 0.201. The van der Waals surface area contributed by atoms with E-state index in [4.69, 9.17) is 0 Å². The van der Waals surface area contributed by atoms with E-state index < -0.39 is 0 Å². The topological polar surface area (TPSA) is 32.3 Å². The molecule has 3 nitrogen and oxygen atoms in total. The van der Waals surface area contributed by atoms with Crippen LogP contribution in [-0.4, -0.2) is 36.0 Å². The summed E-state index contributed by atoms with van der Waals surface area (Å²) in [6.45, 7) is 9.88. The van der Waals surface area contributed by atoms with Gasteiger partial charge in [-0.3, -0.25) is 4.79 Å². The smallest absolute Gasteiger partial charge is 0.219 e. The molecule has 76 valence electrons. The van der Waals surface area contributed by atoms with E-state index in [1.807, 2.05) is 4.90 Å². The zero-order chi connectivity index (χ0) is 10.0. The van der Waals surface area contributed by atoms with Crippen LogP contribution in [0.1, 0.15) is 27.7 Å². The fourth-order valence-corrected chi connectivity index (χ4v) is 1.88. The van der Waals surface area contributed by atoms with E-state index >= 15 is 0 Å². The average Bonchev–Trinajstić information content (AvgIpc) is 2.03. The van der Waals surface area contributed by atoms with E-state index in [0.717, 1.165) is 13.1 Å². The molecule has 1 amide bonds. The lowest BCUT2D eigenvalue weighted by molar-refractivity contribution is -0.133. The Labute approximate surface area is 80.5 Å². The van der Waals surface area contributed by atoms with Crippen LogP contribution in [-0.2, 0) is 4.79 Å². The molecule has 13 heavy (non-hydrogen) atoms. The standard InChI is InChI=1S/C10H20N2O/c1-7(2)10-5-11-8(3)6-12(10)9(4)13/h7-8,10-11H,5-6H2,1-4H3. The first-order valence-corrected chi connectivity index (χ1v) is 5.03. The largest absolute Gasteiger partial charge is 0.337 e. The maximum absolute atomic E-state index is 11.4. The summed E-state index contributed by atoms with van der Waals surface area (Å²) in [4.78, 5) is 13.3. The molecule has 1 aliphatic rings. The van der Waals surface area contributed by atoms with Gasteiger partial charge in [-0.05, 0) is 12.8 Å². The van der Waals surface area contributed by atoms with Crippen LogP contribution in [0, 0.1) is 5.92 Å². The van der Waals surface area contributed by atoms with Crippen molar-refractivity contribution in [3.05, 3.63) is 0 Å². The van der Waals surface area contributed by atoms with Crippen molar-refractivity contribution in [1.29, 1.82) is 0 Å². The Bertz CT molecular complexity index is 191. The number of carbonyl (C=O) groups excluding carboxylic acids is 1. The number of piperazine rings is 1. The number of carbonyl (C=O) groups is 1. The van der Waals surface area contributed by atoms with Gasteiger partial charge in [0.05, 0.1) is 0 Å². The lowest BCUT2D eigenvalue weighted by Crippen LogP contribution is -2.58. The third-order valence-corrected chi connectivity index (χ3v) is 2.72. The number of amides is 1. The fraction of sp³-hybridized carbons (Fsp3) is 0.900. The monoisotopic (exact) mass is 184 g/mol. The van der Waals surface area contributed by atoms with Crippen molar-refractivity contribution < 1.29 is 4.79 Å². The summed E-state index contributed by atoms with van der Waals surface area (Å²) in [7, 11) is 0. The van der Waals surface area contributed by atoms with Crippen molar-refractivity contribution in [2.24, 2.45) is 5.92 Å². The SMILES string of the molecule is CC(=O)N1CC(C)NCC1C(C)C. The molecule has 1 rings (SSSR count). The van der Waals surface area contributed by atoms with Crippen molar-refractivity contribution in [2.75, 3.05) is 13.1 Å². The molecule has 0 aliphatic carbocycles. The van der Waals surface area contributed by atoms with Crippen molar-refractivity contribution in [3.8, 4) is 0 Å². The van der Waals surface area contributed by atoms with E-state index in [9.17, 15) is 4.79 Å². The Kier molecular flexibility index (Phi) is 3.31. The van der Waals surface area contributed by atoms with Gasteiger partial charge in [0, 0.05) is 32.1 Å². The van der Waals surface area contributed by atoms with Crippen LogP contribution in [0.2, 0.25) is 0 Å². The van der Waals surface area contributed by atoms with Gasteiger partial charge in [0.15, 0.2) is 0 Å². The molecule has 0 bridgehead atoms. The normalized spacial score (nSPS) is 29.5. The van der Waals surface area contributed by atoms with Gasteiger partial charge in [-0.25, -0.2) is 0 Å². The number of hydrogen-bond acceptors (Lipinski definition) is 2. The van der Waals surface area contributed by atoms with Crippen LogP contribution in [0.4, 0.5) is 0 Å². The van der Waals surface area contributed by atoms with Crippen LogP contribution in [0.25, 0.3) is 0 Å². The molecule has 2 atom stereocenters. The summed E-state index contributed by atoms with van der Waals surface area (Å²) < 4.78 is 0. The van der Waals surface area contributed by atoms with E-state index in [1.54, 1.807) is 6.92 Å². The first-order chi connectivity index (χ1) is 6.02. The van der Waals surface area contributed by atoms with Crippen LogP contribution in [0.5, 0.6) is 0 Å². The molecule has 1 aliphatic heterocycles. The highest BCUT2D eigenvalue weighted by Crippen LogP contribution is 2.14. The van der Waals surface area contributed by atoms with Crippen molar-refractivity contribution >= 4 is 5.91 Å². The summed E-state index contributed by atoms with van der Waals surface area (Å²) >= 11 is 0. The van der Waals surface area contributed by atoms with Crippen LogP contribution >= 0.6 is 0 Å². The molecule has 1 fully saturated rings. The van der Waals surface area contributed by atoms with E-state index in [1.165, 1.54) is 0 Å². The van der Waals surface area contributed by atoms with Crippen LogP contribution in [0.15, 0.2) is 0 Å². The van der Waals surface area contributed by atoms with Crippen molar-refractivity contribution in [3.63, 3.8) is 0 Å². The number of rotatable bonds is 1. The van der Waals surface area contributed by atoms with Gasteiger partial charge in [0.2, 0.25) is 5.91 Å². The second-order valence-electron chi connectivity index (χ2n) is 4.29. The molecule has 1 saturated heterocycles. The van der Waals surface area contributed by atoms with E-state index in [0.29, 0.717) is 18.0 Å². The minimum absolute atomic E-state index is 0.201. The molecule has 1 heterocycles. The summed E-state index contributed by atoms with van der Waals surface area (Å²) in [6.07, 6.45) is 0. The third-order valence-electron chi connectivity index (χ3n) is 2.72. The lowest BCUT2D eigenvalue weighted by atomic mass is 9.99. The maximum Gasteiger partial charge on any atom is 0.219 e. The highest BCUT2D eigenvalue weighted by molar-refractivity contribution is 5.73. The molecule has 0 spiro atoms.